The van der Waals surface area contributed by atoms with Crippen molar-refractivity contribution in [2.24, 2.45) is 0 Å². The Kier molecular flexibility index (Phi) is 6.21. The van der Waals surface area contributed by atoms with Crippen LogP contribution in [0, 0.1) is 0 Å². The van der Waals surface area contributed by atoms with Crippen molar-refractivity contribution in [2.45, 2.75) is 38.1 Å². The van der Waals surface area contributed by atoms with Crippen LogP contribution in [0.4, 0.5) is 11.4 Å². The summed E-state index contributed by atoms with van der Waals surface area (Å²) in [5.41, 5.74) is 2.04. The normalized spacial score (nSPS) is 17.6. The molecule has 1 unspecified atom stereocenters. The summed E-state index contributed by atoms with van der Waals surface area (Å²) < 4.78 is 5.50. The maximum Gasteiger partial charge on any atom is 0.251 e. The molecule has 0 radical (unpaired) electrons. The van der Waals surface area contributed by atoms with Crippen LogP contribution in [0.5, 0.6) is 5.75 Å². The van der Waals surface area contributed by atoms with Crippen molar-refractivity contribution in [3.05, 3.63) is 54.1 Å². The van der Waals surface area contributed by atoms with Gasteiger partial charge in [-0.1, -0.05) is 30.3 Å². The lowest BCUT2D eigenvalue weighted by molar-refractivity contribution is -0.141. The van der Waals surface area contributed by atoms with E-state index < -0.39 is 6.04 Å². The van der Waals surface area contributed by atoms with Crippen LogP contribution in [0.3, 0.4) is 0 Å². The summed E-state index contributed by atoms with van der Waals surface area (Å²) in [5.74, 6) is 0.324. The first-order valence-corrected chi connectivity index (χ1v) is 10.7. The first-order chi connectivity index (χ1) is 15.1. The Morgan fingerprint density at radius 2 is 1.74 bits per heavy atom. The van der Waals surface area contributed by atoms with Gasteiger partial charge in [0.25, 0.3) is 5.91 Å². The van der Waals surface area contributed by atoms with E-state index in [0.29, 0.717) is 43.1 Å². The molecule has 2 aromatic rings. The van der Waals surface area contributed by atoms with Gasteiger partial charge in [0, 0.05) is 37.7 Å². The molecule has 0 bridgehead atoms. The third-order valence-electron chi connectivity index (χ3n) is 5.85. The lowest BCUT2D eigenvalue weighted by atomic mass is 10.0. The van der Waals surface area contributed by atoms with Crippen molar-refractivity contribution in [1.82, 2.24) is 4.90 Å². The minimum Gasteiger partial charge on any atom is -0.494 e. The van der Waals surface area contributed by atoms with Crippen LogP contribution < -0.4 is 15.0 Å². The van der Waals surface area contributed by atoms with Crippen LogP contribution in [0.1, 0.15) is 43.7 Å². The molecule has 0 saturated carbocycles. The number of amides is 3. The average Bonchev–Trinajstić information content (AvgIpc) is 3.21. The van der Waals surface area contributed by atoms with E-state index in [9.17, 15) is 14.4 Å². The Bertz CT molecular complexity index is 976. The van der Waals surface area contributed by atoms with E-state index in [2.05, 4.69) is 5.32 Å². The van der Waals surface area contributed by atoms with Crippen LogP contribution in [0.25, 0.3) is 0 Å². The molecule has 0 aliphatic carbocycles. The topological polar surface area (TPSA) is 79.0 Å². The van der Waals surface area contributed by atoms with Crippen molar-refractivity contribution in [2.75, 3.05) is 30.4 Å². The molecule has 2 aliphatic heterocycles. The molecule has 2 saturated heterocycles. The third kappa shape index (κ3) is 4.40. The fourth-order valence-corrected chi connectivity index (χ4v) is 4.30. The summed E-state index contributed by atoms with van der Waals surface area (Å²) in [6.07, 6.45) is 3.55. The first kappa shape index (κ1) is 20.9. The molecule has 2 fully saturated rings. The standard InChI is InChI=1S/C24H27N3O4/c1-31-20-16-18(12-13-19(20)26-15-7-11-21(26)28)25-24(30)23(17-8-3-2-4-9-17)27-14-6-5-10-22(27)29/h2-4,8-9,12-13,16,23H,5-7,10-11,14-15H2,1H3,(H,25,30). The monoisotopic (exact) mass is 421 g/mol. The van der Waals surface area contributed by atoms with E-state index in [4.69, 9.17) is 4.74 Å². The number of nitrogens with zero attached hydrogens (tertiary/aromatic N) is 2. The van der Waals surface area contributed by atoms with Crippen molar-refractivity contribution in [1.29, 1.82) is 0 Å². The van der Waals surface area contributed by atoms with Crippen molar-refractivity contribution in [3.8, 4) is 5.75 Å². The van der Waals surface area contributed by atoms with Gasteiger partial charge in [0.2, 0.25) is 11.8 Å². The second-order valence-corrected chi connectivity index (χ2v) is 7.88. The molecule has 7 heteroatoms. The molecule has 1 atom stereocenters. The number of nitrogens with one attached hydrogen (secondary N) is 1. The van der Waals surface area contributed by atoms with Crippen LogP contribution in [0.2, 0.25) is 0 Å². The van der Waals surface area contributed by atoms with E-state index in [0.717, 1.165) is 24.8 Å². The zero-order valence-corrected chi connectivity index (χ0v) is 17.7. The summed E-state index contributed by atoms with van der Waals surface area (Å²) in [5, 5.41) is 2.95. The van der Waals surface area contributed by atoms with E-state index in [-0.39, 0.29) is 17.7 Å². The number of carbonyl (C=O) groups excluding carboxylic acids is 3. The Labute approximate surface area is 182 Å². The highest BCUT2D eigenvalue weighted by molar-refractivity contribution is 6.00. The molecule has 31 heavy (non-hydrogen) atoms. The summed E-state index contributed by atoms with van der Waals surface area (Å²) in [6, 6.07) is 14.0. The molecule has 4 rings (SSSR count). The van der Waals surface area contributed by atoms with Crippen LogP contribution >= 0.6 is 0 Å². The Morgan fingerprint density at radius 3 is 2.42 bits per heavy atom. The molecular weight excluding hydrogens is 394 g/mol. The summed E-state index contributed by atoms with van der Waals surface area (Å²) >= 11 is 0. The second-order valence-electron chi connectivity index (χ2n) is 7.88. The number of carbonyl (C=O) groups is 3. The van der Waals surface area contributed by atoms with Gasteiger partial charge in [0.1, 0.15) is 11.8 Å². The lowest BCUT2D eigenvalue weighted by Crippen LogP contribution is -2.43. The van der Waals surface area contributed by atoms with E-state index in [1.165, 1.54) is 0 Å². The van der Waals surface area contributed by atoms with Gasteiger partial charge in [-0.15, -0.1) is 0 Å². The molecule has 2 aliphatic rings. The van der Waals surface area contributed by atoms with Gasteiger partial charge in [-0.05, 0) is 37.0 Å². The third-order valence-corrected chi connectivity index (χ3v) is 5.85. The number of likely N-dealkylation sites (tertiary alicyclic amines) is 1. The summed E-state index contributed by atoms with van der Waals surface area (Å²) in [7, 11) is 1.55. The van der Waals surface area contributed by atoms with Crippen LogP contribution in [0.15, 0.2) is 48.5 Å². The van der Waals surface area contributed by atoms with Gasteiger partial charge in [-0.25, -0.2) is 0 Å². The predicted octanol–water partition coefficient (Wildman–Crippen LogP) is 3.51. The highest BCUT2D eigenvalue weighted by atomic mass is 16.5. The zero-order chi connectivity index (χ0) is 21.8. The second kappa shape index (κ2) is 9.20. The SMILES string of the molecule is COc1cc(NC(=O)C(c2ccccc2)N2CCCCC2=O)ccc1N1CCCC1=O. The number of benzene rings is 2. The lowest BCUT2D eigenvalue weighted by Gasteiger charge is -2.34. The molecule has 2 heterocycles. The van der Waals surface area contributed by atoms with Gasteiger partial charge >= 0.3 is 0 Å². The maximum atomic E-state index is 13.3. The minimum absolute atomic E-state index is 0.00396. The van der Waals surface area contributed by atoms with E-state index in [1.54, 1.807) is 35.1 Å². The van der Waals surface area contributed by atoms with Gasteiger partial charge in [-0.3, -0.25) is 14.4 Å². The Morgan fingerprint density at radius 1 is 0.968 bits per heavy atom. The highest BCUT2D eigenvalue weighted by Gasteiger charge is 2.33. The van der Waals surface area contributed by atoms with Gasteiger partial charge in [-0.2, -0.15) is 0 Å². The number of anilines is 2. The molecule has 3 amide bonds. The molecular formula is C24H27N3O4. The smallest absolute Gasteiger partial charge is 0.251 e. The van der Waals surface area contributed by atoms with Crippen LogP contribution in [-0.4, -0.2) is 42.8 Å². The van der Waals surface area contributed by atoms with Gasteiger partial charge in [0.15, 0.2) is 0 Å². The van der Waals surface area contributed by atoms with Crippen molar-refractivity contribution in [3.63, 3.8) is 0 Å². The molecule has 2 aromatic carbocycles. The predicted molar refractivity (Wildman–Crippen MR) is 118 cm³/mol. The number of hydrogen-bond acceptors (Lipinski definition) is 4. The number of rotatable bonds is 6. The summed E-state index contributed by atoms with van der Waals surface area (Å²) in [4.78, 5) is 41.4. The molecule has 7 nitrogen and oxygen atoms in total. The quantitative estimate of drug-likeness (QED) is 0.774. The Hall–Kier alpha value is -3.35. The molecule has 0 spiro atoms. The number of ether oxygens (including phenoxy) is 1. The first-order valence-electron chi connectivity index (χ1n) is 10.7. The Balaban J connectivity index is 1.59. The number of hydrogen-bond donors (Lipinski definition) is 1. The highest BCUT2D eigenvalue weighted by Crippen LogP contribution is 2.34. The van der Waals surface area contributed by atoms with E-state index in [1.807, 2.05) is 30.3 Å². The fourth-order valence-electron chi connectivity index (χ4n) is 4.30. The fraction of sp³-hybridized carbons (Fsp3) is 0.375. The van der Waals surface area contributed by atoms with Crippen molar-refractivity contribution < 1.29 is 19.1 Å². The molecule has 1 N–H and O–H groups in total. The van der Waals surface area contributed by atoms with E-state index >= 15 is 0 Å². The van der Waals surface area contributed by atoms with Gasteiger partial charge in [0.05, 0.1) is 12.8 Å². The largest absolute Gasteiger partial charge is 0.494 e. The molecule has 162 valence electrons. The average molecular weight is 421 g/mol. The van der Waals surface area contributed by atoms with Gasteiger partial charge < -0.3 is 19.9 Å². The maximum absolute atomic E-state index is 13.3. The van der Waals surface area contributed by atoms with Crippen LogP contribution in [-0.2, 0) is 14.4 Å². The summed E-state index contributed by atoms with van der Waals surface area (Å²) in [6.45, 7) is 1.22. The minimum atomic E-state index is -0.695. The number of piperidine rings is 1. The zero-order valence-electron chi connectivity index (χ0n) is 17.7. The molecule has 0 aromatic heterocycles. The number of methoxy groups -OCH3 is 1. The van der Waals surface area contributed by atoms with Crippen molar-refractivity contribution >= 4 is 29.1 Å².